The highest BCUT2D eigenvalue weighted by molar-refractivity contribution is 5.86. The van der Waals surface area contributed by atoms with E-state index in [9.17, 15) is 53.7 Å². The van der Waals surface area contributed by atoms with E-state index in [2.05, 4.69) is 31.6 Å². The second-order valence-corrected chi connectivity index (χ2v) is 40.2. The lowest BCUT2D eigenvalue weighted by Gasteiger charge is -2.39. The molecule has 0 radical (unpaired) electrons. The minimum atomic E-state index is -1.41. The molecule has 0 aromatic heterocycles. The third-order valence-electron chi connectivity index (χ3n) is 28.4. The van der Waals surface area contributed by atoms with E-state index in [1.807, 2.05) is 37.3 Å². The van der Waals surface area contributed by atoms with Crippen LogP contribution < -0.4 is 0 Å². The van der Waals surface area contributed by atoms with Crippen LogP contribution in [0.2, 0.25) is 0 Å². The summed E-state index contributed by atoms with van der Waals surface area (Å²) in [4.78, 5) is 89.2. The Morgan fingerprint density at radius 1 is 0.324 bits per heavy atom. The minimum absolute atomic E-state index is 0.0358. The first kappa shape index (κ1) is 124. The Kier molecular flexibility index (Phi) is 51.2. The number of rotatable bonds is 13. The zero-order valence-electron chi connectivity index (χ0n) is 87.3. The highest BCUT2D eigenvalue weighted by atomic mass is 16.8. The molecule has 18 fully saturated rings. The summed E-state index contributed by atoms with van der Waals surface area (Å²) in [5.41, 5.74) is 2.37. The maximum absolute atomic E-state index is 11.6. The first-order chi connectivity index (χ1) is 70.7. The monoisotopic (exact) mass is 2120 g/mol. The van der Waals surface area contributed by atoms with E-state index < -0.39 is 164 Å². The van der Waals surface area contributed by atoms with Crippen LogP contribution in [0.4, 0.5) is 0 Å². The van der Waals surface area contributed by atoms with Gasteiger partial charge in [0.05, 0.1) is 137 Å². The van der Waals surface area contributed by atoms with Crippen molar-refractivity contribution in [2.45, 2.75) is 419 Å². The molecule has 11 N–H and O–H groups in total. The smallest absolute Gasteiger partial charge is 0.305 e. The van der Waals surface area contributed by atoms with Crippen molar-refractivity contribution in [3.63, 3.8) is 0 Å². The van der Waals surface area contributed by atoms with Gasteiger partial charge in [-0.25, -0.2) is 0 Å². The molecule has 18 aliphatic rings. The zero-order chi connectivity index (χ0) is 107. The van der Waals surface area contributed by atoms with Crippen molar-refractivity contribution < 1.29 is 218 Å². The molecule has 4 saturated carbocycles. The van der Waals surface area contributed by atoms with Gasteiger partial charge < -0.3 is 179 Å². The van der Waals surface area contributed by atoms with Crippen LogP contribution in [0.15, 0.2) is 42.0 Å². The molecule has 19 rings (SSSR count). The molecule has 45 nitrogen and oxygen atoms in total. The van der Waals surface area contributed by atoms with E-state index in [-0.39, 0.29) is 137 Å². The number of fused-ring (bicyclic) bond motifs is 4. The van der Waals surface area contributed by atoms with Gasteiger partial charge in [-0.05, 0) is 88.7 Å². The number of ether oxygens (including phenoxy) is 26. The van der Waals surface area contributed by atoms with Crippen LogP contribution in [0.25, 0.3) is 0 Å². The molecule has 28 unspecified atom stereocenters. The van der Waals surface area contributed by atoms with E-state index in [4.69, 9.17) is 159 Å². The molecule has 1 aromatic rings. The molecule has 28 atom stereocenters. The Bertz CT molecular complexity index is 4040. The fraction of sp³-hybridized carbons (Fsp3) is 0.845. The number of hydrogen-bond donors (Lipinski definition) is 11. The molecular weight excluding hydrogens is 1960 g/mol. The number of hydrogen-bond acceptors (Lipinski definition) is 45. The van der Waals surface area contributed by atoms with Gasteiger partial charge in [0.15, 0.2) is 65.7 Å². The Morgan fingerprint density at radius 2 is 0.696 bits per heavy atom. The van der Waals surface area contributed by atoms with Crippen LogP contribution in [0.5, 0.6) is 0 Å². The molecule has 14 saturated heterocycles. The summed E-state index contributed by atoms with van der Waals surface area (Å²) in [6, 6.07) is 10.00. The van der Waals surface area contributed by atoms with Gasteiger partial charge in [-0.2, -0.15) is 0 Å². The summed E-state index contributed by atoms with van der Waals surface area (Å²) in [6.45, 7) is 23.8. The van der Waals surface area contributed by atoms with Crippen LogP contribution >= 0.6 is 0 Å². The molecule has 846 valence electrons. The van der Waals surface area contributed by atoms with Crippen molar-refractivity contribution >= 4 is 47.6 Å². The summed E-state index contributed by atoms with van der Waals surface area (Å²) in [5.74, 6) is -4.78. The lowest BCUT2D eigenvalue weighted by Crippen LogP contribution is -2.58. The van der Waals surface area contributed by atoms with Crippen molar-refractivity contribution in [1.29, 1.82) is 0 Å². The van der Waals surface area contributed by atoms with Gasteiger partial charge in [0, 0.05) is 118 Å². The van der Waals surface area contributed by atoms with Gasteiger partial charge >= 0.3 is 41.8 Å². The number of benzene rings is 1. The SMILES string of the molecule is CC(=O)OC1COC(OC(C)=O)C(OC(C)=O)C1OC(C)=O.CC(=O)OC1COCC(OC(C)=O)C1OC(C)=O.CC=C1COCC2OC3(CCCCC3)OC12.CCC1COCC(O)C1O.CCC1COCC(OCc2ccccc2)C1O.CCC1COCC2OC3(CCCCC3)OC12.O=C1COCC2OC3(CCCCC3)OC12.OC1COC(O)C(O)C1O.OC1COCC(O)C1O.OC1COCC2OC3(CCCCC3)OC12. The van der Waals surface area contributed by atoms with E-state index in [0.717, 1.165) is 136 Å². The highest BCUT2D eigenvalue weighted by Gasteiger charge is 2.57. The fourth-order valence-corrected chi connectivity index (χ4v) is 20.6. The third kappa shape index (κ3) is 37.2. The van der Waals surface area contributed by atoms with Crippen LogP contribution in [0.1, 0.15) is 229 Å². The average Bonchev–Trinajstić information content (AvgIpc) is 1.62. The molecular formula is C103H164O45. The summed E-state index contributed by atoms with van der Waals surface area (Å²) >= 11 is 0. The lowest BCUT2D eigenvalue weighted by atomic mass is 9.93. The topological polar surface area (TPSA) is 599 Å². The predicted molar refractivity (Wildman–Crippen MR) is 511 cm³/mol. The number of aliphatic hydroxyl groups is 11. The van der Waals surface area contributed by atoms with E-state index in [1.54, 1.807) is 0 Å². The molecule has 148 heavy (non-hydrogen) atoms. The Labute approximate surface area is 864 Å². The number of allylic oxidation sites excluding steroid dienone is 1. The van der Waals surface area contributed by atoms with Crippen molar-refractivity contribution in [2.24, 2.45) is 17.8 Å². The van der Waals surface area contributed by atoms with Gasteiger partial charge in [0.2, 0.25) is 12.4 Å². The number of aliphatic hydroxyl groups excluding tert-OH is 11. The van der Waals surface area contributed by atoms with Crippen molar-refractivity contribution in [1.82, 2.24) is 0 Å². The Hall–Kier alpha value is -6.28. The highest BCUT2D eigenvalue weighted by Crippen LogP contribution is 2.48. The van der Waals surface area contributed by atoms with E-state index in [0.29, 0.717) is 65.4 Å². The second-order valence-electron chi connectivity index (χ2n) is 40.2. The van der Waals surface area contributed by atoms with Gasteiger partial charge in [0.25, 0.3) is 0 Å². The molecule has 14 aliphatic heterocycles. The Morgan fingerprint density at radius 3 is 1.16 bits per heavy atom. The normalized spacial score (nSPS) is 37.0. The van der Waals surface area contributed by atoms with Crippen LogP contribution in [-0.2, 0) is 168 Å². The molecule has 4 aliphatic carbocycles. The zero-order valence-corrected chi connectivity index (χ0v) is 87.3. The predicted octanol–water partition coefficient (Wildman–Crippen LogP) is 3.53. The molecule has 1 aromatic carbocycles. The first-order valence-electron chi connectivity index (χ1n) is 52.6. The molecule has 0 bridgehead atoms. The first-order valence-corrected chi connectivity index (χ1v) is 52.6. The van der Waals surface area contributed by atoms with Gasteiger partial charge in [-0.15, -0.1) is 0 Å². The summed E-state index contributed by atoms with van der Waals surface area (Å²) in [7, 11) is 0. The van der Waals surface area contributed by atoms with Crippen LogP contribution in [-0.4, -0.2) is 411 Å². The van der Waals surface area contributed by atoms with Crippen molar-refractivity contribution in [3.8, 4) is 0 Å². The molecule has 14 heterocycles. The van der Waals surface area contributed by atoms with E-state index >= 15 is 0 Å². The number of Topliss-reactive ketones (excluding diaryl/α,β-unsaturated/α-hetero) is 1. The minimum Gasteiger partial charge on any atom is -0.456 e. The summed E-state index contributed by atoms with van der Waals surface area (Å²) < 4.78 is 141. The standard InChI is InChI=1S/C14H20O3.C13H18O9.C13H22O3.C13H20O3.C11H16O7.C11H18O4.C11H16O4.C7H14O3.C5H10O5.C5H10O4/c1-2-12-9-16-10-13(14(12)15)17-8-11-6-4-3-5-7-11;1-6(14)19-10-5-18-13(22-9(4)17)12(21-8(3)16)11(10)20-7(2)15;2*1-2-10-8-14-9-11-12(10)16-13(15-11)6-4-3-5-7-13;1-6(12)16-9-4-15-5-10(17-7(2)13)11(9)18-8(3)14;2*12-8-6-13-7-9-10(8)15-11(14-9)4-2-1-3-5-11;1-2-5-3-10-4-6(8)7(5)9;6-2-1-10-5(9)4(8)3(2)7;6-3-1-9-2-4(7)5(3)8/h3-7,12-15H,2,8-10H2,1H3;10-13H,5H2,1-4H3;10-12H,2-9H2,1H3;2,11-12H,3-9H2,1H3;9-11H,4-5H2,1-3H3;8-10,12H,1-7H2;9-10H,1-7H2;5-9H,2-4H2,1H3;2-9H,1H2;3-8H,1-2H2. The second kappa shape index (κ2) is 61.3. The average molecular weight is 2120 g/mol. The largest absolute Gasteiger partial charge is 0.456 e. The van der Waals surface area contributed by atoms with Crippen molar-refractivity contribution in [3.05, 3.63) is 47.5 Å². The van der Waals surface area contributed by atoms with Crippen LogP contribution in [0.3, 0.4) is 0 Å². The maximum atomic E-state index is 11.6. The van der Waals surface area contributed by atoms with Gasteiger partial charge in [-0.1, -0.05) is 82.9 Å². The fourth-order valence-electron chi connectivity index (χ4n) is 20.6. The van der Waals surface area contributed by atoms with Crippen LogP contribution in [0, 0.1) is 17.8 Å². The lowest BCUT2D eigenvalue weighted by molar-refractivity contribution is -0.273. The molecule has 45 heteroatoms. The number of carbonyl (C=O) groups is 8. The number of ketones is 1. The molecule has 4 spiro atoms. The maximum Gasteiger partial charge on any atom is 0.305 e. The van der Waals surface area contributed by atoms with Gasteiger partial charge in [-0.3, -0.25) is 38.4 Å². The number of esters is 7. The van der Waals surface area contributed by atoms with E-state index in [1.165, 1.54) is 84.6 Å². The molecule has 0 amide bonds. The Balaban J connectivity index is 0.000000170. The van der Waals surface area contributed by atoms with Gasteiger partial charge in [0.1, 0.15) is 104 Å². The summed E-state index contributed by atoms with van der Waals surface area (Å²) in [5, 5.41) is 100. The third-order valence-corrected chi connectivity index (χ3v) is 28.4. The quantitative estimate of drug-likeness (QED) is 0.0764. The number of carbonyl (C=O) groups excluding carboxylic acids is 8. The summed E-state index contributed by atoms with van der Waals surface area (Å²) in [6.07, 6.45) is 10.2. The van der Waals surface area contributed by atoms with Crippen molar-refractivity contribution in [2.75, 3.05) is 119 Å².